The Balaban J connectivity index is 3.01. The van der Waals surface area contributed by atoms with E-state index in [2.05, 4.69) is 4.74 Å². The summed E-state index contributed by atoms with van der Waals surface area (Å²) >= 11 is 0. The van der Waals surface area contributed by atoms with Gasteiger partial charge >= 0.3 is 24.0 Å². The fraction of sp³-hybridized carbons (Fsp3) is 0.364. The van der Waals surface area contributed by atoms with E-state index in [1.165, 1.54) is 19.1 Å². The molecule has 0 saturated heterocycles. The van der Waals surface area contributed by atoms with Crippen LogP contribution in [0.2, 0.25) is 0 Å². The van der Waals surface area contributed by atoms with E-state index >= 15 is 0 Å². The van der Waals surface area contributed by atoms with Crippen molar-refractivity contribution in [3.05, 3.63) is 29.8 Å². The third kappa shape index (κ3) is 2.86. The van der Waals surface area contributed by atoms with Gasteiger partial charge in [0.1, 0.15) is 5.75 Å². The molecule has 1 aromatic carbocycles. The smallest absolute Gasteiger partial charge is 0.422 e. The maximum Gasteiger partial charge on any atom is 0.460 e. The summed E-state index contributed by atoms with van der Waals surface area (Å²) in [7, 11) is 0. The Morgan fingerprint density at radius 1 is 1.05 bits per heavy atom. The first-order valence-electron chi connectivity index (χ1n) is 5.01. The SMILES string of the molecule is Cc1cccc(OC(=O)C(F)(F)C(F)(F)C(F)(F)F)c1. The summed E-state index contributed by atoms with van der Waals surface area (Å²) in [5, 5.41) is 0. The van der Waals surface area contributed by atoms with Crippen LogP contribution in [0.4, 0.5) is 30.7 Å². The molecular weight excluding hydrogens is 297 g/mol. The molecule has 112 valence electrons. The highest BCUT2D eigenvalue weighted by Gasteiger charge is 2.77. The van der Waals surface area contributed by atoms with E-state index in [1.54, 1.807) is 0 Å². The molecule has 0 aliphatic heterocycles. The topological polar surface area (TPSA) is 26.3 Å². The van der Waals surface area contributed by atoms with Gasteiger partial charge in [-0.2, -0.15) is 30.7 Å². The zero-order valence-electron chi connectivity index (χ0n) is 9.77. The van der Waals surface area contributed by atoms with Gasteiger partial charge in [0.2, 0.25) is 0 Å². The van der Waals surface area contributed by atoms with Gasteiger partial charge in [0, 0.05) is 0 Å². The fourth-order valence-corrected chi connectivity index (χ4v) is 1.16. The Bertz CT molecular complexity index is 508. The molecule has 0 atom stereocenters. The number of hydrogen-bond acceptors (Lipinski definition) is 2. The number of carbonyl (C=O) groups is 1. The summed E-state index contributed by atoms with van der Waals surface area (Å²) in [5.41, 5.74) is 0.432. The fourth-order valence-electron chi connectivity index (χ4n) is 1.16. The van der Waals surface area contributed by atoms with E-state index in [9.17, 15) is 35.5 Å². The van der Waals surface area contributed by atoms with Gasteiger partial charge in [0.15, 0.2) is 0 Å². The van der Waals surface area contributed by atoms with E-state index in [-0.39, 0.29) is 0 Å². The monoisotopic (exact) mass is 304 g/mol. The number of alkyl halides is 7. The molecule has 2 nitrogen and oxygen atoms in total. The van der Waals surface area contributed by atoms with Crippen LogP contribution in [0.15, 0.2) is 24.3 Å². The van der Waals surface area contributed by atoms with Gasteiger partial charge in [-0.3, -0.25) is 0 Å². The lowest BCUT2D eigenvalue weighted by atomic mass is 10.1. The van der Waals surface area contributed by atoms with Gasteiger partial charge < -0.3 is 4.74 Å². The van der Waals surface area contributed by atoms with Crippen LogP contribution in [0.1, 0.15) is 5.56 Å². The summed E-state index contributed by atoms with van der Waals surface area (Å²) in [5.74, 6) is -16.1. The van der Waals surface area contributed by atoms with E-state index < -0.39 is 29.7 Å². The minimum absolute atomic E-state index is 0.432. The minimum Gasteiger partial charge on any atom is -0.422 e. The summed E-state index contributed by atoms with van der Waals surface area (Å²) in [6, 6.07) is 4.71. The first kappa shape index (κ1) is 16.3. The number of carbonyl (C=O) groups excluding carboxylic acids is 1. The predicted octanol–water partition coefficient (Wildman–Crippen LogP) is 3.73. The van der Waals surface area contributed by atoms with Gasteiger partial charge in [0.05, 0.1) is 0 Å². The molecule has 0 aromatic heterocycles. The molecule has 0 radical (unpaired) electrons. The molecule has 0 aliphatic rings. The lowest BCUT2D eigenvalue weighted by Gasteiger charge is -2.26. The minimum atomic E-state index is -6.58. The highest BCUT2D eigenvalue weighted by atomic mass is 19.4. The van der Waals surface area contributed by atoms with Crippen LogP contribution < -0.4 is 4.74 Å². The first-order chi connectivity index (χ1) is 8.89. The molecule has 0 aliphatic carbocycles. The second-order valence-electron chi connectivity index (χ2n) is 3.85. The average Bonchev–Trinajstić information content (AvgIpc) is 2.27. The zero-order chi connectivity index (χ0) is 15.8. The quantitative estimate of drug-likeness (QED) is 0.483. The molecule has 0 N–H and O–H groups in total. The van der Waals surface area contributed by atoms with Crippen LogP contribution in [-0.4, -0.2) is 24.0 Å². The van der Waals surface area contributed by atoms with Gasteiger partial charge in [-0.15, -0.1) is 0 Å². The van der Waals surface area contributed by atoms with Crippen molar-refractivity contribution >= 4 is 5.97 Å². The van der Waals surface area contributed by atoms with Crippen molar-refractivity contribution in [3.8, 4) is 5.75 Å². The normalized spacial score (nSPS) is 13.2. The highest BCUT2D eigenvalue weighted by molar-refractivity contribution is 5.81. The molecule has 0 saturated carbocycles. The van der Waals surface area contributed by atoms with Gasteiger partial charge in [-0.25, -0.2) is 4.79 Å². The number of aryl methyl sites for hydroxylation is 1. The van der Waals surface area contributed by atoms with Gasteiger partial charge in [0.25, 0.3) is 0 Å². The van der Waals surface area contributed by atoms with Crippen LogP contribution in [-0.2, 0) is 4.79 Å². The van der Waals surface area contributed by atoms with Crippen LogP contribution in [0.5, 0.6) is 5.75 Å². The molecule has 20 heavy (non-hydrogen) atoms. The van der Waals surface area contributed by atoms with Crippen LogP contribution in [0, 0.1) is 6.92 Å². The van der Waals surface area contributed by atoms with Gasteiger partial charge in [-0.05, 0) is 24.6 Å². The average molecular weight is 304 g/mol. The lowest BCUT2D eigenvalue weighted by Crippen LogP contribution is -2.57. The number of benzene rings is 1. The largest absolute Gasteiger partial charge is 0.460 e. The third-order valence-corrected chi connectivity index (χ3v) is 2.21. The van der Waals surface area contributed by atoms with Crippen LogP contribution >= 0.6 is 0 Å². The van der Waals surface area contributed by atoms with Crippen molar-refractivity contribution in [2.75, 3.05) is 0 Å². The number of rotatable bonds is 3. The molecule has 1 rings (SSSR count). The number of hydrogen-bond donors (Lipinski definition) is 0. The summed E-state index contributed by atoms with van der Waals surface area (Å²) in [6.45, 7) is 1.47. The number of halogens is 7. The third-order valence-electron chi connectivity index (χ3n) is 2.21. The molecule has 0 fully saturated rings. The second-order valence-corrected chi connectivity index (χ2v) is 3.85. The van der Waals surface area contributed by atoms with E-state index in [0.717, 1.165) is 12.1 Å². The van der Waals surface area contributed by atoms with Crippen LogP contribution in [0.25, 0.3) is 0 Å². The van der Waals surface area contributed by atoms with E-state index in [4.69, 9.17) is 0 Å². The lowest BCUT2D eigenvalue weighted by molar-refractivity contribution is -0.346. The first-order valence-corrected chi connectivity index (χ1v) is 5.01. The summed E-state index contributed by atoms with van der Waals surface area (Å²) < 4.78 is 90.4. The zero-order valence-corrected chi connectivity index (χ0v) is 9.77. The standard InChI is InChI=1S/C11H7F7O2/c1-6-3-2-4-7(5-6)20-8(19)9(12,13)10(14,15)11(16,17)18/h2-5H,1H3. The highest BCUT2D eigenvalue weighted by Crippen LogP contribution is 2.47. The molecule has 1 aromatic rings. The Morgan fingerprint density at radius 3 is 2.05 bits per heavy atom. The van der Waals surface area contributed by atoms with Gasteiger partial charge in [-0.1, -0.05) is 12.1 Å². The molecule has 0 unspecified atom stereocenters. The Kier molecular flexibility index (Phi) is 4.02. The summed E-state index contributed by atoms with van der Waals surface area (Å²) in [6.07, 6.45) is -6.58. The molecule has 0 amide bonds. The number of esters is 1. The maximum atomic E-state index is 12.9. The van der Waals surface area contributed by atoms with E-state index in [0.29, 0.717) is 5.56 Å². The second kappa shape index (κ2) is 4.95. The Morgan fingerprint density at radius 2 is 1.60 bits per heavy atom. The van der Waals surface area contributed by atoms with Crippen molar-refractivity contribution in [3.63, 3.8) is 0 Å². The Labute approximate surface area is 108 Å². The maximum absolute atomic E-state index is 12.9. The predicted molar refractivity (Wildman–Crippen MR) is 52.8 cm³/mol. The van der Waals surface area contributed by atoms with E-state index in [1.807, 2.05) is 0 Å². The molecule has 0 spiro atoms. The van der Waals surface area contributed by atoms with Crippen molar-refractivity contribution in [2.45, 2.75) is 24.9 Å². The van der Waals surface area contributed by atoms with Crippen molar-refractivity contribution in [1.82, 2.24) is 0 Å². The molecule has 0 heterocycles. The molecular formula is C11H7F7O2. The molecule has 0 bridgehead atoms. The molecule has 9 heteroatoms. The van der Waals surface area contributed by atoms with Crippen molar-refractivity contribution in [1.29, 1.82) is 0 Å². The Hall–Kier alpha value is -1.80. The van der Waals surface area contributed by atoms with Crippen LogP contribution in [0.3, 0.4) is 0 Å². The van der Waals surface area contributed by atoms with Crippen molar-refractivity contribution < 1.29 is 40.3 Å². The number of ether oxygens (including phenoxy) is 1. The summed E-state index contributed by atoms with van der Waals surface area (Å²) in [4.78, 5) is 10.9. The van der Waals surface area contributed by atoms with Crippen molar-refractivity contribution in [2.24, 2.45) is 0 Å².